The van der Waals surface area contributed by atoms with Crippen LogP contribution in [0.25, 0.3) is 0 Å². The molecule has 0 heterocycles. The molecule has 0 unspecified atom stereocenters. The fourth-order valence-corrected chi connectivity index (χ4v) is 1.65. The first-order valence-electron chi connectivity index (χ1n) is 4.31. The Morgan fingerprint density at radius 1 is 1.38 bits per heavy atom. The summed E-state index contributed by atoms with van der Waals surface area (Å²) in [6, 6.07) is 6.28. The molecule has 68 valence electrons. The van der Waals surface area contributed by atoms with Gasteiger partial charge in [-0.2, -0.15) is 5.26 Å². The minimum atomic E-state index is 0.555. The first-order chi connectivity index (χ1) is 6.15. The van der Waals surface area contributed by atoms with Crippen molar-refractivity contribution in [2.24, 2.45) is 0 Å². The van der Waals surface area contributed by atoms with Gasteiger partial charge in [0.15, 0.2) is 0 Å². The van der Waals surface area contributed by atoms with Gasteiger partial charge in [-0.05, 0) is 41.8 Å². The van der Waals surface area contributed by atoms with Crippen molar-refractivity contribution in [3.63, 3.8) is 0 Å². The molecule has 13 heavy (non-hydrogen) atoms. The van der Waals surface area contributed by atoms with Crippen molar-refractivity contribution in [3.05, 3.63) is 29.3 Å². The van der Waals surface area contributed by atoms with Crippen LogP contribution in [0, 0.1) is 17.6 Å². The summed E-state index contributed by atoms with van der Waals surface area (Å²) in [6.07, 6.45) is 0. The van der Waals surface area contributed by atoms with Crippen molar-refractivity contribution in [1.82, 2.24) is 0 Å². The van der Waals surface area contributed by atoms with Crippen molar-refractivity contribution in [2.45, 2.75) is 31.6 Å². The molecule has 1 aromatic carbocycles. The molecule has 1 nitrogen and oxygen atoms in total. The average molecular weight is 191 g/mol. The first kappa shape index (κ1) is 10.1. The Balaban J connectivity index is 3.00. The van der Waals surface area contributed by atoms with Gasteiger partial charge in [0, 0.05) is 4.90 Å². The second-order valence-corrected chi connectivity index (χ2v) is 4.20. The van der Waals surface area contributed by atoms with E-state index in [0.29, 0.717) is 5.92 Å². The Morgan fingerprint density at radius 3 is 2.54 bits per heavy atom. The summed E-state index contributed by atoms with van der Waals surface area (Å²) in [4.78, 5) is 1.06. The third kappa shape index (κ3) is 2.50. The molecule has 0 saturated heterocycles. The molecule has 0 fully saturated rings. The second kappa shape index (κ2) is 4.34. The van der Waals surface area contributed by atoms with Gasteiger partial charge in [0.25, 0.3) is 0 Å². The molecule has 0 aromatic heterocycles. The number of thioether (sulfide) groups is 1. The van der Waals surface area contributed by atoms with E-state index >= 15 is 0 Å². The van der Waals surface area contributed by atoms with Crippen LogP contribution in [0.5, 0.6) is 0 Å². The highest BCUT2D eigenvalue weighted by molar-refractivity contribution is 8.03. The highest BCUT2D eigenvalue weighted by Gasteiger charge is 2.02. The van der Waals surface area contributed by atoms with E-state index in [2.05, 4.69) is 31.4 Å². The molecule has 0 bridgehead atoms. The summed E-state index contributed by atoms with van der Waals surface area (Å²) < 4.78 is 0. The van der Waals surface area contributed by atoms with Gasteiger partial charge in [-0.15, -0.1) is 0 Å². The number of hydrogen-bond donors (Lipinski definition) is 0. The van der Waals surface area contributed by atoms with Crippen LogP contribution < -0.4 is 0 Å². The van der Waals surface area contributed by atoms with Crippen molar-refractivity contribution < 1.29 is 0 Å². The molecule has 0 saturated carbocycles. The summed E-state index contributed by atoms with van der Waals surface area (Å²) in [5, 5.41) is 10.6. The lowest BCUT2D eigenvalue weighted by molar-refractivity contribution is 0.862. The zero-order valence-corrected chi connectivity index (χ0v) is 8.98. The lowest BCUT2D eigenvalue weighted by atomic mass is 10.0. The molecular weight excluding hydrogens is 178 g/mol. The second-order valence-electron chi connectivity index (χ2n) is 3.37. The van der Waals surface area contributed by atoms with Crippen LogP contribution >= 0.6 is 11.8 Å². The molecule has 0 spiro atoms. The highest BCUT2D eigenvalue weighted by Crippen LogP contribution is 2.24. The van der Waals surface area contributed by atoms with Crippen molar-refractivity contribution in [3.8, 4) is 5.40 Å². The zero-order valence-electron chi connectivity index (χ0n) is 8.16. The Kier molecular flexibility index (Phi) is 3.39. The van der Waals surface area contributed by atoms with Crippen molar-refractivity contribution in [1.29, 1.82) is 5.26 Å². The molecule has 0 amide bonds. The predicted molar refractivity (Wildman–Crippen MR) is 56.7 cm³/mol. The SMILES string of the molecule is Cc1cc(C(C)C)ccc1SC#N. The first-order valence-corrected chi connectivity index (χ1v) is 5.13. The van der Waals surface area contributed by atoms with Gasteiger partial charge < -0.3 is 0 Å². The number of thiocyanates is 1. The normalized spacial score (nSPS) is 10.1. The molecule has 0 atom stereocenters. The largest absolute Gasteiger partial charge is 0.185 e. The molecular formula is C11H13NS. The van der Waals surface area contributed by atoms with Gasteiger partial charge in [-0.3, -0.25) is 0 Å². The smallest absolute Gasteiger partial charge is 0.138 e. The molecule has 0 N–H and O–H groups in total. The van der Waals surface area contributed by atoms with E-state index in [1.807, 2.05) is 13.0 Å². The molecule has 0 aliphatic heterocycles. The van der Waals surface area contributed by atoms with E-state index in [4.69, 9.17) is 5.26 Å². The van der Waals surface area contributed by atoms with Gasteiger partial charge in [-0.25, -0.2) is 0 Å². The van der Waals surface area contributed by atoms with Gasteiger partial charge in [0.2, 0.25) is 0 Å². The summed E-state index contributed by atoms with van der Waals surface area (Å²) in [5.41, 5.74) is 2.53. The maximum Gasteiger partial charge on any atom is 0.138 e. The zero-order chi connectivity index (χ0) is 9.84. The maximum atomic E-state index is 8.54. The van der Waals surface area contributed by atoms with Crippen LogP contribution in [0.4, 0.5) is 0 Å². The lowest BCUT2D eigenvalue weighted by Crippen LogP contribution is -1.88. The van der Waals surface area contributed by atoms with E-state index in [1.165, 1.54) is 22.9 Å². The molecule has 2 heteroatoms. The molecule has 1 aromatic rings. The summed E-state index contributed by atoms with van der Waals surface area (Å²) in [5.74, 6) is 0.555. The topological polar surface area (TPSA) is 23.8 Å². The van der Waals surface area contributed by atoms with E-state index < -0.39 is 0 Å². The monoisotopic (exact) mass is 191 g/mol. The van der Waals surface area contributed by atoms with E-state index in [-0.39, 0.29) is 0 Å². The number of rotatable bonds is 2. The van der Waals surface area contributed by atoms with Gasteiger partial charge in [0.1, 0.15) is 5.40 Å². The van der Waals surface area contributed by atoms with E-state index in [0.717, 1.165) is 4.90 Å². The molecule has 1 rings (SSSR count). The van der Waals surface area contributed by atoms with Crippen molar-refractivity contribution in [2.75, 3.05) is 0 Å². The van der Waals surface area contributed by atoms with Crippen LogP contribution in [0.2, 0.25) is 0 Å². The third-order valence-corrected chi connectivity index (χ3v) is 2.79. The number of nitriles is 1. The summed E-state index contributed by atoms with van der Waals surface area (Å²) >= 11 is 1.23. The minimum Gasteiger partial charge on any atom is -0.185 e. The van der Waals surface area contributed by atoms with Crippen LogP contribution in [0.1, 0.15) is 30.9 Å². The number of benzene rings is 1. The lowest BCUT2D eigenvalue weighted by Gasteiger charge is -2.07. The predicted octanol–water partition coefficient (Wildman–Crippen LogP) is 3.69. The summed E-state index contributed by atoms with van der Waals surface area (Å²) in [7, 11) is 0. The number of aryl methyl sites for hydroxylation is 1. The number of hydrogen-bond acceptors (Lipinski definition) is 2. The Labute approximate surface area is 83.8 Å². The Bertz CT molecular complexity index is 336. The highest BCUT2D eigenvalue weighted by atomic mass is 32.2. The molecule has 0 radical (unpaired) electrons. The van der Waals surface area contributed by atoms with Gasteiger partial charge >= 0.3 is 0 Å². The average Bonchev–Trinajstić information content (AvgIpc) is 2.08. The van der Waals surface area contributed by atoms with Crippen LogP contribution in [-0.4, -0.2) is 0 Å². The fourth-order valence-electron chi connectivity index (χ4n) is 1.20. The standard InChI is InChI=1S/C11H13NS/c1-8(2)10-4-5-11(13-7-12)9(3)6-10/h4-6,8H,1-3H3. The van der Waals surface area contributed by atoms with Gasteiger partial charge in [0.05, 0.1) is 0 Å². The third-order valence-electron chi connectivity index (χ3n) is 2.02. The Morgan fingerprint density at radius 2 is 2.08 bits per heavy atom. The van der Waals surface area contributed by atoms with Crippen molar-refractivity contribution >= 4 is 11.8 Å². The minimum absolute atomic E-state index is 0.555. The fraction of sp³-hybridized carbons (Fsp3) is 0.364. The van der Waals surface area contributed by atoms with E-state index in [9.17, 15) is 0 Å². The maximum absolute atomic E-state index is 8.54. The number of nitrogens with zero attached hydrogens (tertiary/aromatic N) is 1. The van der Waals surface area contributed by atoms with Crippen LogP contribution in [-0.2, 0) is 0 Å². The van der Waals surface area contributed by atoms with E-state index in [1.54, 1.807) is 0 Å². The molecule has 0 aliphatic carbocycles. The Hall–Kier alpha value is -0.940. The summed E-state index contributed by atoms with van der Waals surface area (Å²) in [6.45, 7) is 6.39. The quantitative estimate of drug-likeness (QED) is 0.526. The molecule has 0 aliphatic rings. The van der Waals surface area contributed by atoms with Crippen LogP contribution in [0.15, 0.2) is 23.1 Å². The van der Waals surface area contributed by atoms with Gasteiger partial charge in [-0.1, -0.05) is 26.0 Å². The van der Waals surface area contributed by atoms with Crippen LogP contribution in [0.3, 0.4) is 0 Å².